The minimum atomic E-state index is -1.32. The summed E-state index contributed by atoms with van der Waals surface area (Å²) in [5, 5.41) is 10.4. The zero-order valence-electron chi connectivity index (χ0n) is 20.1. The second-order valence-corrected chi connectivity index (χ2v) is 9.04. The van der Waals surface area contributed by atoms with E-state index in [0.717, 1.165) is 42.4 Å². The van der Waals surface area contributed by atoms with Crippen LogP contribution in [-0.2, 0) is 9.53 Å². The first-order chi connectivity index (χ1) is 17.2. The van der Waals surface area contributed by atoms with Crippen LogP contribution >= 0.6 is 11.3 Å². The van der Waals surface area contributed by atoms with Gasteiger partial charge < -0.3 is 9.84 Å². The lowest BCUT2D eigenvalue weighted by Gasteiger charge is -2.18. The highest BCUT2D eigenvalue weighted by molar-refractivity contribution is 7.12. The molecule has 0 aliphatic carbocycles. The number of thiazole rings is 1. The van der Waals surface area contributed by atoms with Gasteiger partial charge in [-0.05, 0) is 44.0 Å². The molecule has 0 amide bonds. The maximum atomic E-state index is 15.4. The lowest BCUT2D eigenvalue weighted by molar-refractivity contribution is -0.132. The van der Waals surface area contributed by atoms with Gasteiger partial charge in [0, 0.05) is 39.8 Å². The van der Waals surface area contributed by atoms with Crippen LogP contribution in [0.2, 0.25) is 0 Å². The Morgan fingerprint density at radius 2 is 1.86 bits per heavy atom. The number of hydrogen-bond donors (Lipinski definition) is 1. The number of carbonyl (C=O) groups excluding carboxylic acids is 1. The van der Waals surface area contributed by atoms with Crippen LogP contribution in [0, 0.1) is 17.5 Å². The third kappa shape index (κ3) is 6.09. The van der Waals surface area contributed by atoms with Crippen molar-refractivity contribution in [3.63, 3.8) is 0 Å². The predicted molar refractivity (Wildman–Crippen MR) is 132 cm³/mol. The van der Waals surface area contributed by atoms with Gasteiger partial charge in [0.05, 0.1) is 11.8 Å². The van der Waals surface area contributed by atoms with Gasteiger partial charge in [0.25, 0.3) is 0 Å². The van der Waals surface area contributed by atoms with E-state index >= 15 is 4.39 Å². The van der Waals surface area contributed by atoms with E-state index in [1.54, 1.807) is 18.2 Å². The Morgan fingerprint density at radius 1 is 1.17 bits per heavy atom. The van der Waals surface area contributed by atoms with E-state index in [2.05, 4.69) is 4.98 Å². The lowest BCUT2D eigenvalue weighted by Crippen LogP contribution is -2.08. The van der Waals surface area contributed by atoms with E-state index in [1.165, 1.54) is 12.3 Å². The van der Waals surface area contributed by atoms with Crippen LogP contribution in [0.15, 0.2) is 41.3 Å². The van der Waals surface area contributed by atoms with Crippen molar-refractivity contribution in [2.75, 3.05) is 6.61 Å². The van der Waals surface area contributed by atoms with Crippen molar-refractivity contribution in [2.45, 2.75) is 46.1 Å². The van der Waals surface area contributed by atoms with E-state index < -0.39 is 40.9 Å². The van der Waals surface area contributed by atoms with E-state index in [9.17, 15) is 18.4 Å². The van der Waals surface area contributed by atoms with Crippen LogP contribution < -0.4 is 0 Å². The van der Waals surface area contributed by atoms with Gasteiger partial charge in [-0.25, -0.2) is 22.9 Å². The molecule has 0 saturated carbocycles. The van der Waals surface area contributed by atoms with Crippen molar-refractivity contribution < 1.29 is 32.6 Å². The van der Waals surface area contributed by atoms with E-state index in [4.69, 9.17) is 9.84 Å². The van der Waals surface area contributed by atoms with E-state index in [0.29, 0.717) is 18.6 Å². The number of aliphatic carboxylic acids is 1. The highest BCUT2D eigenvalue weighted by atomic mass is 32.1. The number of ether oxygens (including phenoxy) is 1. The predicted octanol–water partition coefficient (Wildman–Crippen LogP) is 7.21. The number of carboxylic acids is 1. The van der Waals surface area contributed by atoms with Crippen LogP contribution in [-0.4, -0.2) is 28.4 Å². The molecule has 1 unspecified atom stereocenters. The molecule has 0 bridgehead atoms. The van der Waals surface area contributed by atoms with Gasteiger partial charge in [-0.1, -0.05) is 32.4 Å². The van der Waals surface area contributed by atoms with E-state index in [-0.39, 0.29) is 27.4 Å². The third-order valence-corrected chi connectivity index (χ3v) is 6.42. The first kappa shape index (κ1) is 27.3. The molecule has 0 aliphatic heterocycles. The van der Waals surface area contributed by atoms with Crippen LogP contribution in [0.3, 0.4) is 0 Å². The van der Waals surface area contributed by atoms with Crippen molar-refractivity contribution in [1.29, 1.82) is 0 Å². The number of nitrogens with zero attached hydrogens (tertiary/aromatic N) is 1. The SMILES string of the molecule is CCCCOC(CC)c1cccc(-c2csc(C(=O)c3cc(F)c(/C=C(\C)C(=O)O)c(F)c3)n2)c1F. The van der Waals surface area contributed by atoms with Crippen LogP contribution in [0.5, 0.6) is 0 Å². The molecule has 0 radical (unpaired) electrons. The quantitative estimate of drug-likeness (QED) is 0.165. The number of rotatable bonds is 11. The van der Waals surface area contributed by atoms with Crippen molar-refractivity contribution in [2.24, 2.45) is 0 Å². The highest BCUT2D eigenvalue weighted by Crippen LogP contribution is 2.32. The van der Waals surface area contributed by atoms with Crippen molar-refractivity contribution >= 4 is 29.2 Å². The summed E-state index contributed by atoms with van der Waals surface area (Å²) in [5.74, 6) is -4.71. The van der Waals surface area contributed by atoms with Gasteiger partial charge in [-0.3, -0.25) is 4.79 Å². The van der Waals surface area contributed by atoms with Crippen molar-refractivity contribution in [3.8, 4) is 11.3 Å². The van der Waals surface area contributed by atoms with E-state index in [1.807, 2.05) is 13.8 Å². The first-order valence-corrected chi connectivity index (χ1v) is 12.4. The fraction of sp³-hybridized carbons (Fsp3) is 0.296. The molecular weight excluding hydrogens is 491 g/mol. The minimum absolute atomic E-state index is 0.0650. The third-order valence-electron chi connectivity index (χ3n) is 5.58. The molecule has 2 aromatic carbocycles. The summed E-state index contributed by atoms with van der Waals surface area (Å²) in [5.41, 5.74) is -0.290. The number of carboxylic acid groups (broad SMARTS) is 1. The Hall–Kier alpha value is -3.30. The molecule has 1 atom stereocenters. The van der Waals surface area contributed by atoms with Crippen LogP contribution in [0.4, 0.5) is 13.2 Å². The molecule has 36 heavy (non-hydrogen) atoms. The Bertz CT molecular complexity index is 1280. The van der Waals surface area contributed by atoms with Gasteiger partial charge in [0.15, 0.2) is 5.01 Å². The smallest absolute Gasteiger partial charge is 0.331 e. The molecule has 0 fully saturated rings. The largest absolute Gasteiger partial charge is 0.478 e. The second kappa shape index (κ2) is 12.1. The molecule has 0 saturated heterocycles. The number of halogens is 3. The number of unbranched alkanes of at least 4 members (excludes halogenated alkanes) is 1. The van der Waals surface area contributed by atoms with Gasteiger partial charge in [-0.2, -0.15) is 0 Å². The Kier molecular flexibility index (Phi) is 9.17. The fourth-order valence-electron chi connectivity index (χ4n) is 3.55. The highest BCUT2D eigenvalue weighted by Gasteiger charge is 2.22. The molecule has 0 aliphatic rings. The maximum absolute atomic E-state index is 15.4. The summed E-state index contributed by atoms with van der Waals surface area (Å²) in [6, 6.07) is 6.55. The van der Waals surface area contributed by atoms with Gasteiger partial charge in [-0.15, -0.1) is 11.3 Å². The second-order valence-electron chi connectivity index (χ2n) is 8.18. The van der Waals surface area contributed by atoms with Gasteiger partial charge in [0.1, 0.15) is 17.5 Å². The van der Waals surface area contributed by atoms with Crippen molar-refractivity contribution in [3.05, 3.63) is 80.4 Å². The molecule has 3 aromatic rings. The summed E-state index contributed by atoms with van der Waals surface area (Å²) in [6.45, 7) is 5.67. The number of benzene rings is 2. The average Bonchev–Trinajstić information content (AvgIpc) is 3.34. The Labute approximate surface area is 211 Å². The van der Waals surface area contributed by atoms with Gasteiger partial charge >= 0.3 is 5.97 Å². The summed E-state index contributed by atoms with van der Waals surface area (Å²) < 4.78 is 50.2. The molecule has 3 rings (SSSR count). The van der Waals surface area contributed by atoms with Crippen LogP contribution in [0.1, 0.15) is 72.6 Å². The Morgan fingerprint density at radius 3 is 2.47 bits per heavy atom. The van der Waals surface area contributed by atoms with Crippen LogP contribution in [0.25, 0.3) is 17.3 Å². The Balaban J connectivity index is 1.90. The van der Waals surface area contributed by atoms with Crippen molar-refractivity contribution in [1.82, 2.24) is 4.98 Å². The number of carbonyl (C=O) groups is 2. The fourth-order valence-corrected chi connectivity index (χ4v) is 4.33. The number of aromatic nitrogens is 1. The average molecular weight is 518 g/mol. The number of ketones is 1. The topological polar surface area (TPSA) is 76.5 Å². The number of hydrogen-bond acceptors (Lipinski definition) is 5. The minimum Gasteiger partial charge on any atom is -0.478 e. The molecule has 9 heteroatoms. The first-order valence-electron chi connectivity index (χ1n) is 11.5. The maximum Gasteiger partial charge on any atom is 0.331 e. The zero-order chi connectivity index (χ0) is 26.4. The molecule has 1 N–H and O–H groups in total. The summed E-state index contributed by atoms with van der Waals surface area (Å²) in [4.78, 5) is 28.1. The summed E-state index contributed by atoms with van der Waals surface area (Å²) in [7, 11) is 0. The molecule has 190 valence electrons. The van der Waals surface area contributed by atoms with Gasteiger partial charge in [0.2, 0.25) is 5.78 Å². The summed E-state index contributed by atoms with van der Waals surface area (Å²) >= 11 is 0.930. The summed E-state index contributed by atoms with van der Waals surface area (Å²) in [6.07, 6.45) is 2.85. The molecular formula is C27H26F3NO4S. The standard InChI is InChI=1S/C27H26F3NO4S/c1-4-6-10-35-23(5-2)18-9-7-8-17(24(18)30)22-14-36-26(31-22)25(32)16-12-20(28)19(21(29)13-16)11-15(3)27(33)34/h7-9,11-14,23H,4-6,10H2,1-3H3,(H,33,34)/b15-11+. The molecule has 0 spiro atoms. The normalized spacial score (nSPS) is 12.6. The molecule has 5 nitrogen and oxygen atoms in total. The zero-order valence-corrected chi connectivity index (χ0v) is 20.9. The molecule has 1 aromatic heterocycles. The molecule has 1 heterocycles. The lowest BCUT2D eigenvalue weighted by atomic mass is 10.0. The monoisotopic (exact) mass is 517 g/mol.